The summed E-state index contributed by atoms with van der Waals surface area (Å²) in [7, 11) is 0. The third-order valence-electron chi connectivity index (χ3n) is 8.97. The van der Waals surface area contributed by atoms with Crippen LogP contribution in [0.25, 0.3) is 0 Å². The Bertz CT molecular complexity index is 1320. The Labute approximate surface area is 261 Å². The summed E-state index contributed by atoms with van der Waals surface area (Å²) in [6.45, 7) is 15.4. The average Bonchev–Trinajstić information content (AvgIpc) is 2.93. The van der Waals surface area contributed by atoms with Crippen LogP contribution in [-0.4, -0.2) is 57.7 Å². The van der Waals surface area contributed by atoms with Crippen molar-refractivity contribution >= 4 is 23.6 Å². The largest absolute Gasteiger partial charge is 0.445 e. The lowest BCUT2D eigenvalue weighted by molar-refractivity contribution is -0.384. The number of nitro benzene ring substituents is 1. The highest BCUT2D eigenvalue weighted by Gasteiger charge is 2.47. The zero-order valence-corrected chi connectivity index (χ0v) is 27.2. The molecule has 1 saturated carbocycles. The quantitative estimate of drug-likeness (QED) is 0.241. The van der Waals surface area contributed by atoms with Crippen LogP contribution in [0.3, 0.4) is 0 Å². The number of nitrogens with zero attached hydrogens (tertiary/aromatic N) is 3. The summed E-state index contributed by atoms with van der Waals surface area (Å²) in [4.78, 5) is 40.9. The van der Waals surface area contributed by atoms with Crippen molar-refractivity contribution in [2.24, 2.45) is 10.8 Å². The van der Waals surface area contributed by atoms with Crippen LogP contribution in [0, 0.1) is 20.9 Å². The van der Waals surface area contributed by atoms with Crippen molar-refractivity contribution < 1.29 is 24.0 Å². The summed E-state index contributed by atoms with van der Waals surface area (Å²) in [6, 6.07) is 14.6. The van der Waals surface area contributed by atoms with Crippen LogP contribution in [0.2, 0.25) is 0 Å². The van der Waals surface area contributed by atoms with Crippen molar-refractivity contribution in [2.75, 3.05) is 18.4 Å². The van der Waals surface area contributed by atoms with Gasteiger partial charge in [0.2, 0.25) is 0 Å². The second-order valence-corrected chi connectivity index (χ2v) is 14.5. The van der Waals surface area contributed by atoms with Crippen LogP contribution in [0.5, 0.6) is 0 Å². The fourth-order valence-corrected chi connectivity index (χ4v) is 5.98. The monoisotopic (exact) mass is 608 g/mol. The van der Waals surface area contributed by atoms with E-state index in [0.29, 0.717) is 24.3 Å². The first-order chi connectivity index (χ1) is 20.6. The van der Waals surface area contributed by atoms with Gasteiger partial charge in [-0.2, -0.15) is 0 Å². The Hall–Kier alpha value is -3.82. The second kappa shape index (κ2) is 13.0. The first-order valence-corrected chi connectivity index (χ1v) is 15.5. The fraction of sp³-hybridized carbons (Fsp3) is 0.588. The molecule has 2 aliphatic rings. The van der Waals surface area contributed by atoms with Crippen molar-refractivity contribution in [3.8, 4) is 0 Å². The molecule has 1 spiro atoms. The molecule has 240 valence electrons. The molecule has 2 aromatic carbocycles. The minimum atomic E-state index is -0.517. The number of carbonyl (C=O) groups is 2. The number of ether oxygens (including phenoxy) is 2. The molecule has 0 unspecified atom stereocenters. The molecule has 44 heavy (non-hydrogen) atoms. The first kappa shape index (κ1) is 33.1. The maximum atomic E-state index is 13.3. The number of amides is 2. The molecule has 0 radical (unpaired) electrons. The van der Waals surface area contributed by atoms with Gasteiger partial charge in [-0.25, -0.2) is 9.59 Å². The Morgan fingerprint density at radius 3 is 2.25 bits per heavy atom. The van der Waals surface area contributed by atoms with Crippen LogP contribution >= 0.6 is 0 Å². The Balaban J connectivity index is 1.39. The van der Waals surface area contributed by atoms with Crippen molar-refractivity contribution in [1.82, 2.24) is 9.80 Å². The van der Waals surface area contributed by atoms with Gasteiger partial charge in [0.25, 0.3) is 5.69 Å². The molecular weight excluding hydrogens is 560 g/mol. The third kappa shape index (κ3) is 8.42. The SMILES string of the molecule is C[C@H](N(Cc1ccc(NC2CC3(CCN(C(=O)OC(C)(C)C)CC3)C2)c([N+](=O)[O-])c1)C(=O)OCc1ccccc1)C(C)(C)C. The standard InChI is InChI=1S/C34H48N4O6/c1-24(32(2,3)4)37(31(40)43-23-25-11-9-8-10-12-25)22-26-13-14-28(29(19-26)38(41)42)35-27-20-34(21-27)15-17-36(18-16-34)30(39)44-33(5,6)7/h8-14,19,24,27,35H,15-18,20-23H2,1-7H3/t24-/m0/s1. The van der Waals surface area contributed by atoms with Gasteiger partial charge in [0.1, 0.15) is 17.9 Å². The maximum absolute atomic E-state index is 13.3. The molecule has 2 fully saturated rings. The van der Waals surface area contributed by atoms with E-state index in [1.807, 2.05) is 64.1 Å². The topological polar surface area (TPSA) is 114 Å². The molecule has 2 aromatic rings. The number of carbonyl (C=O) groups excluding carboxylic acids is 2. The molecule has 4 rings (SSSR count). The van der Waals surface area contributed by atoms with E-state index < -0.39 is 11.7 Å². The van der Waals surface area contributed by atoms with Gasteiger partial charge in [-0.3, -0.25) is 10.1 Å². The normalized spacial score (nSPS) is 17.4. The molecule has 1 aliphatic heterocycles. The van der Waals surface area contributed by atoms with Crippen LogP contribution in [0.1, 0.15) is 85.3 Å². The summed E-state index contributed by atoms with van der Waals surface area (Å²) in [5.41, 5.74) is 1.42. The lowest BCUT2D eigenvalue weighted by Gasteiger charge is -2.52. The molecule has 10 nitrogen and oxygen atoms in total. The van der Waals surface area contributed by atoms with E-state index in [-0.39, 0.29) is 52.8 Å². The molecule has 1 N–H and O–H groups in total. The molecule has 1 heterocycles. The van der Waals surface area contributed by atoms with E-state index in [0.717, 1.165) is 31.2 Å². The summed E-state index contributed by atoms with van der Waals surface area (Å²) >= 11 is 0. The summed E-state index contributed by atoms with van der Waals surface area (Å²) < 4.78 is 11.2. The number of hydrogen-bond acceptors (Lipinski definition) is 7. The van der Waals surface area contributed by atoms with E-state index in [1.165, 1.54) is 0 Å². The van der Waals surface area contributed by atoms with E-state index in [9.17, 15) is 19.7 Å². The van der Waals surface area contributed by atoms with Gasteiger partial charge in [0, 0.05) is 37.8 Å². The van der Waals surface area contributed by atoms with Crippen molar-refractivity contribution in [3.63, 3.8) is 0 Å². The number of piperidine rings is 1. The zero-order chi connectivity index (χ0) is 32.3. The van der Waals surface area contributed by atoms with Crippen molar-refractivity contribution in [1.29, 1.82) is 0 Å². The number of nitrogens with one attached hydrogen (secondary N) is 1. The highest BCUT2D eigenvalue weighted by molar-refractivity contribution is 5.69. The minimum absolute atomic E-state index is 0.00999. The zero-order valence-electron chi connectivity index (χ0n) is 27.2. The fourth-order valence-electron chi connectivity index (χ4n) is 5.98. The maximum Gasteiger partial charge on any atom is 0.410 e. The third-order valence-corrected chi connectivity index (χ3v) is 8.97. The summed E-state index contributed by atoms with van der Waals surface area (Å²) in [5, 5.41) is 15.5. The molecule has 1 atom stereocenters. The number of anilines is 1. The predicted molar refractivity (Wildman–Crippen MR) is 170 cm³/mol. The van der Waals surface area contributed by atoms with E-state index >= 15 is 0 Å². The Morgan fingerprint density at radius 1 is 1.05 bits per heavy atom. The van der Waals surface area contributed by atoms with E-state index in [4.69, 9.17) is 9.47 Å². The van der Waals surface area contributed by atoms with E-state index in [1.54, 1.807) is 21.9 Å². The van der Waals surface area contributed by atoms with Crippen LogP contribution in [0.15, 0.2) is 48.5 Å². The van der Waals surface area contributed by atoms with Gasteiger partial charge in [-0.05, 0) is 81.4 Å². The van der Waals surface area contributed by atoms with Crippen LogP contribution in [-0.2, 0) is 22.6 Å². The van der Waals surface area contributed by atoms with Crippen molar-refractivity contribution in [2.45, 2.75) is 105 Å². The summed E-state index contributed by atoms with van der Waals surface area (Å²) in [6.07, 6.45) is 2.87. The van der Waals surface area contributed by atoms with Gasteiger partial charge < -0.3 is 24.6 Å². The Kier molecular flexibility index (Phi) is 9.80. The molecule has 2 amide bonds. The number of benzene rings is 2. The predicted octanol–water partition coefficient (Wildman–Crippen LogP) is 7.76. The average molecular weight is 609 g/mol. The highest BCUT2D eigenvalue weighted by atomic mass is 16.6. The highest BCUT2D eigenvalue weighted by Crippen LogP contribution is 2.50. The minimum Gasteiger partial charge on any atom is -0.445 e. The lowest BCUT2D eigenvalue weighted by atomic mass is 9.60. The molecule has 1 aliphatic carbocycles. The van der Waals surface area contributed by atoms with Gasteiger partial charge in [-0.15, -0.1) is 0 Å². The van der Waals surface area contributed by atoms with Crippen LogP contribution < -0.4 is 5.32 Å². The smallest absolute Gasteiger partial charge is 0.410 e. The van der Waals surface area contributed by atoms with E-state index in [2.05, 4.69) is 26.1 Å². The molecule has 0 bridgehead atoms. The second-order valence-electron chi connectivity index (χ2n) is 14.5. The molecule has 0 aromatic heterocycles. The van der Waals surface area contributed by atoms with Gasteiger partial charge in [0.05, 0.1) is 4.92 Å². The number of rotatable bonds is 8. The molecule has 10 heteroatoms. The van der Waals surface area contributed by atoms with Crippen LogP contribution in [0.4, 0.5) is 21.0 Å². The summed E-state index contributed by atoms with van der Waals surface area (Å²) in [5.74, 6) is 0. The van der Waals surface area contributed by atoms with Gasteiger partial charge >= 0.3 is 12.2 Å². The van der Waals surface area contributed by atoms with Gasteiger partial charge in [0.15, 0.2) is 0 Å². The number of likely N-dealkylation sites (tertiary alicyclic amines) is 1. The van der Waals surface area contributed by atoms with Crippen molar-refractivity contribution in [3.05, 3.63) is 69.8 Å². The first-order valence-electron chi connectivity index (χ1n) is 15.5. The number of nitro groups is 1. The molecule has 1 saturated heterocycles. The number of hydrogen-bond donors (Lipinski definition) is 1. The molecular formula is C34H48N4O6. The lowest BCUT2D eigenvalue weighted by Crippen LogP contribution is -2.53. The Morgan fingerprint density at radius 2 is 1.68 bits per heavy atom. The van der Waals surface area contributed by atoms with Gasteiger partial charge in [-0.1, -0.05) is 57.2 Å².